The van der Waals surface area contributed by atoms with Gasteiger partial charge in [-0.3, -0.25) is 0 Å². The summed E-state index contributed by atoms with van der Waals surface area (Å²) < 4.78 is 6.49. The van der Waals surface area contributed by atoms with Crippen molar-refractivity contribution >= 4 is 21.6 Å². The Labute approximate surface area is 105 Å². The van der Waals surface area contributed by atoms with Crippen molar-refractivity contribution in [2.45, 2.75) is 18.8 Å². The predicted molar refractivity (Wildman–Crippen MR) is 71.0 cm³/mol. The van der Waals surface area contributed by atoms with Gasteiger partial charge in [0.1, 0.15) is 5.75 Å². The van der Waals surface area contributed by atoms with Crippen molar-refractivity contribution < 1.29 is 4.74 Å². The molecule has 0 amide bonds. The Morgan fingerprint density at radius 3 is 2.94 bits per heavy atom. The van der Waals surface area contributed by atoms with Crippen LogP contribution in [0, 0.1) is 0 Å². The number of ether oxygens (including phenoxy) is 1. The Hall–Kier alpha value is -1.13. The molecule has 1 fully saturated rings. The van der Waals surface area contributed by atoms with Crippen LogP contribution in [0.2, 0.25) is 0 Å². The average Bonchev–Trinajstić information content (AvgIpc) is 2.82. The van der Waals surface area contributed by atoms with Crippen LogP contribution in [0.4, 0.5) is 0 Å². The van der Waals surface area contributed by atoms with Gasteiger partial charge in [0.05, 0.1) is 22.3 Å². The van der Waals surface area contributed by atoms with Crippen LogP contribution in [0.1, 0.15) is 23.8 Å². The third kappa shape index (κ3) is 2.15. The lowest BCUT2D eigenvalue weighted by Crippen LogP contribution is -2.26. The van der Waals surface area contributed by atoms with Crippen LogP contribution in [-0.2, 0) is 0 Å². The Morgan fingerprint density at radius 2 is 2.18 bits per heavy atom. The number of thiazole rings is 1. The molecule has 17 heavy (non-hydrogen) atoms. The van der Waals surface area contributed by atoms with Gasteiger partial charge >= 0.3 is 0 Å². The molecule has 1 saturated heterocycles. The summed E-state index contributed by atoms with van der Waals surface area (Å²) in [5.74, 6) is 1.53. The second-order valence-corrected chi connectivity index (χ2v) is 5.47. The van der Waals surface area contributed by atoms with Gasteiger partial charge in [-0.25, -0.2) is 4.98 Å². The number of rotatable bonds is 2. The maximum Gasteiger partial charge on any atom is 0.121 e. The molecule has 2 aromatic rings. The number of benzene rings is 1. The summed E-state index contributed by atoms with van der Waals surface area (Å²) in [4.78, 5) is 4.76. The van der Waals surface area contributed by atoms with Crippen LogP contribution in [0.15, 0.2) is 18.2 Å². The minimum absolute atomic E-state index is 0.639. The molecule has 3 nitrogen and oxygen atoms in total. The summed E-state index contributed by atoms with van der Waals surface area (Å²) in [6.45, 7) is 2.23. The van der Waals surface area contributed by atoms with Gasteiger partial charge in [0.25, 0.3) is 0 Å². The molecule has 2 heterocycles. The quantitative estimate of drug-likeness (QED) is 0.887. The van der Waals surface area contributed by atoms with Crippen molar-refractivity contribution in [2.75, 3.05) is 20.2 Å². The van der Waals surface area contributed by atoms with Crippen LogP contribution in [0.5, 0.6) is 5.75 Å². The van der Waals surface area contributed by atoms with Crippen molar-refractivity contribution in [3.8, 4) is 5.75 Å². The number of nitrogens with one attached hydrogen (secondary N) is 1. The van der Waals surface area contributed by atoms with Crippen molar-refractivity contribution in [3.05, 3.63) is 23.2 Å². The molecule has 1 aromatic heterocycles. The first-order valence-corrected chi connectivity index (χ1v) is 6.83. The Morgan fingerprint density at radius 1 is 1.35 bits per heavy atom. The van der Waals surface area contributed by atoms with Crippen LogP contribution in [-0.4, -0.2) is 25.2 Å². The zero-order valence-corrected chi connectivity index (χ0v) is 10.7. The van der Waals surface area contributed by atoms with Gasteiger partial charge < -0.3 is 10.1 Å². The number of hydrogen-bond acceptors (Lipinski definition) is 4. The van der Waals surface area contributed by atoms with E-state index in [2.05, 4.69) is 11.4 Å². The molecule has 1 aliphatic heterocycles. The Bertz CT molecular complexity index is 517. The number of fused-ring (bicyclic) bond motifs is 1. The van der Waals surface area contributed by atoms with Crippen molar-refractivity contribution in [1.82, 2.24) is 10.3 Å². The molecule has 1 aliphatic rings. The highest BCUT2D eigenvalue weighted by Gasteiger charge is 2.18. The second kappa shape index (κ2) is 4.63. The normalized spacial score (nSPS) is 17.5. The molecule has 0 saturated carbocycles. The minimum Gasteiger partial charge on any atom is -0.497 e. The maximum atomic E-state index is 5.23. The maximum absolute atomic E-state index is 5.23. The summed E-state index contributed by atoms with van der Waals surface area (Å²) in [7, 11) is 1.70. The number of piperidine rings is 1. The number of hydrogen-bond donors (Lipinski definition) is 1. The summed E-state index contributed by atoms with van der Waals surface area (Å²) in [6, 6.07) is 6.14. The van der Waals surface area contributed by atoms with Gasteiger partial charge in [-0.15, -0.1) is 11.3 Å². The van der Waals surface area contributed by atoms with E-state index in [1.165, 1.54) is 22.5 Å². The highest BCUT2D eigenvalue weighted by molar-refractivity contribution is 7.18. The fourth-order valence-corrected chi connectivity index (χ4v) is 3.41. The summed E-state index contributed by atoms with van der Waals surface area (Å²) >= 11 is 1.83. The molecule has 1 N–H and O–H groups in total. The van der Waals surface area contributed by atoms with E-state index in [0.717, 1.165) is 24.4 Å². The van der Waals surface area contributed by atoms with Gasteiger partial charge in [-0.2, -0.15) is 0 Å². The molecular formula is C13H16N2OS. The van der Waals surface area contributed by atoms with Gasteiger partial charge in [0, 0.05) is 12.0 Å². The zero-order valence-electron chi connectivity index (χ0n) is 9.90. The van der Waals surface area contributed by atoms with Gasteiger partial charge in [-0.05, 0) is 38.1 Å². The zero-order chi connectivity index (χ0) is 11.7. The van der Waals surface area contributed by atoms with Gasteiger partial charge in [0.2, 0.25) is 0 Å². The van der Waals surface area contributed by atoms with Crippen LogP contribution in [0.25, 0.3) is 10.2 Å². The average molecular weight is 248 g/mol. The first-order valence-electron chi connectivity index (χ1n) is 6.02. The standard InChI is InChI=1S/C13H16N2OS/c1-16-10-2-3-12-11(8-10)15-13(17-12)9-4-6-14-7-5-9/h2-3,8-9,14H,4-7H2,1H3. The lowest BCUT2D eigenvalue weighted by molar-refractivity contribution is 0.415. The molecule has 3 rings (SSSR count). The molecular weight excluding hydrogens is 232 g/mol. The predicted octanol–water partition coefficient (Wildman–Crippen LogP) is 2.77. The second-order valence-electron chi connectivity index (χ2n) is 4.41. The van der Waals surface area contributed by atoms with Gasteiger partial charge in [-0.1, -0.05) is 0 Å². The van der Waals surface area contributed by atoms with Crippen LogP contribution < -0.4 is 10.1 Å². The Kier molecular flexibility index (Phi) is 2.99. The molecule has 0 aliphatic carbocycles. The van der Waals surface area contributed by atoms with Crippen molar-refractivity contribution in [1.29, 1.82) is 0 Å². The molecule has 0 unspecified atom stereocenters. The van der Waals surface area contributed by atoms with E-state index in [-0.39, 0.29) is 0 Å². The minimum atomic E-state index is 0.639. The van der Waals surface area contributed by atoms with E-state index in [1.807, 2.05) is 23.5 Å². The highest BCUT2D eigenvalue weighted by Crippen LogP contribution is 2.33. The first kappa shape index (κ1) is 11.0. The van der Waals surface area contributed by atoms with E-state index in [9.17, 15) is 0 Å². The van der Waals surface area contributed by atoms with Crippen molar-refractivity contribution in [3.63, 3.8) is 0 Å². The number of methoxy groups -OCH3 is 1. The lowest BCUT2D eigenvalue weighted by Gasteiger charge is -2.20. The van der Waals surface area contributed by atoms with E-state index in [1.54, 1.807) is 7.11 Å². The monoisotopic (exact) mass is 248 g/mol. The van der Waals surface area contributed by atoms with E-state index in [0.29, 0.717) is 5.92 Å². The highest BCUT2D eigenvalue weighted by atomic mass is 32.1. The summed E-state index contributed by atoms with van der Waals surface area (Å²) in [5.41, 5.74) is 1.07. The molecule has 0 bridgehead atoms. The largest absolute Gasteiger partial charge is 0.497 e. The molecule has 0 radical (unpaired) electrons. The Balaban J connectivity index is 1.95. The fraction of sp³-hybridized carbons (Fsp3) is 0.462. The third-order valence-corrected chi connectivity index (χ3v) is 4.50. The molecule has 1 aromatic carbocycles. The molecule has 4 heteroatoms. The molecule has 0 spiro atoms. The van der Waals surface area contributed by atoms with Gasteiger partial charge in [0.15, 0.2) is 0 Å². The van der Waals surface area contributed by atoms with Crippen molar-refractivity contribution in [2.24, 2.45) is 0 Å². The SMILES string of the molecule is COc1ccc2sc(C3CCNCC3)nc2c1. The number of nitrogens with zero attached hydrogens (tertiary/aromatic N) is 1. The van der Waals surface area contributed by atoms with Crippen LogP contribution >= 0.6 is 11.3 Å². The number of aromatic nitrogens is 1. The fourth-order valence-electron chi connectivity index (χ4n) is 2.30. The third-order valence-electron chi connectivity index (χ3n) is 3.30. The van der Waals surface area contributed by atoms with E-state index >= 15 is 0 Å². The molecule has 90 valence electrons. The summed E-state index contributed by atoms with van der Waals surface area (Å²) in [5, 5.41) is 4.68. The smallest absolute Gasteiger partial charge is 0.121 e. The first-order chi connectivity index (χ1) is 8.36. The van der Waals surface area contributed by atoms with E-state index in [4.69, 9.17) is 9.72 Å². The summed E-state index contributed by atoms with van der Waals surface area (Å²) in [6.07, 6.45) is 2.41. The van der Waals surface area contributed by atoms with Crippen LogP contribution in [0.3, 0.4) is 0 Å². The lowest BCUT2D eigenvalue weighted by atomic mass is 9.99. The molecule has 0 atom stereocenters. The van der Waals surface area contributed by atoms with E-state index < -0.39 is 0 Å². The topological polar surface area (TPSA) is 34.1 Å².